The van der Waals surface area contributed by atoms with E-state index in [2.05, 4.69) is 30.3 Å². The van der Waals surface area contributed by atoms with Crippen molar-refractivity contribution in [1.82, 2.24) is 24.2 Å². The summed E-state index contributed by atoms with van der Waals surface area (Å²) >= 11 is 7.22. The summed E-state index contributed by atoms with van der Waals surface area (Å²) in [5.41, 5.74) is 2.28. The van der Waals surface area contributed by atoms with Crippen molar-refractivity contribution in [1.29, 1.82) is 0 Å². The smallest absolute Gasteiger partial charge is 0.368 e. The predicted octanol–water partition coefficient (Wildman–Crippen LogP) is 4.62. The van der Waals surface area contributed by atoms with Crippen molar-refractivity contribution in [3.05, 3.63) is 99.6 Å². The second-order valence-corrected chi connectivity index (χ2v) is 12.0. The number of carbonyl (C=O) groups is 4. The average Bonchev–Trinajstić information content (AvgIpc) is 3.68. The van der Waals surface area contributed by atoms with Gasteiger partial charge in [0.2, 0.25) is 17.6 Å². The molecule has 6 rings (SSSR count). The van der Waals surface area contributed by atoms with Crippen molar-refractivity contribution in [2.45, 2.75) is 31.6 Å². The lowest BCUT2D eigenvalue weighted by Gasteiger charge is -2.26. The maximum atomic E-state index is 15.0. The molecule has 0 unspecified atom stereocenters. The molecule has 246 valence electrons. The van der Waals surface area contributed by atoms with Gasteiger partial charge in [0.1, 0.15) is 29.2 Å². The number of amides is 4. The van der Waals surface area contributed by atoms with Gasteiger partial charge < -0.3 is 26.3 Å². The first kappa shape index (κ1) is 32.5. The first-order valence-corrected chi connectivity index (χ1v) is 15.0. The van der Waals surface area contributed by atoms with Crippen LogP contribution >= 0.6 is 23.1 Å². The minimum atomic E-state index is -4.67. The maximum absolute atomic E-state index is 15.0. The Bertz CT molecular complexity index is 2150. The first-order valence-electron chi connectivity index (χ1n) is 13.8. The summed E-state index contributed by atoms with van der Waals surface area (Å²) < 4.78 is 59.8. The standard InChI is InChI=1S/C30H21ClF4N8O4S/c1-29(16-8-14(31)9-17(32)22(16)39-28(29)47)23-24(41-26(45)21-15-4-2-3-5-18(15)48-42-21)40-25(43(23)12-20(36)44)27(46)38-11-13-6-7-19(37-10-13)30(33,34)35/h2-10H,11-12H2,1H3,(H2,36,44)(H,38,46)(H,39,47)(H,41,45)/t29-/m1/s1. The molecule has 2 aromatic carbocycles. The zero-order valence-corrected chi connectivity index (χ0v) is 26.0. The summed E-state index contributed by atoms with van der Waals surface area (Å²) in [4.78, 5) is 61.0. The lowest BCUT2D eigenvalue weighted by atomic mass is 9.80. The number of fused-ring (bicyclic) bond motifs is 2. The third-order valence-corrected chi connectivity index (χ3v) is 8.68. The summed E-state index contributed by atoms with van der Waals surface area (Å²) in [5, 5.41) is 7.96. The van der Waals surface area contributed by atoms with E-state index in [-0.39, 0.29) is 45.6 Å². The largest absolute Gasteiger partial charge is 0.433 e. The van der Waals surface area contributed by atoms with Crippen LogP contribution in [0.1, 0.15) is 50.5 Å². The van der Waals surface area contributed by atoms with E-state index in [1.807, 2.05) is 0 Å². The summed E-state index contributed by atoms with van der Waals surface area (Å²) in [6, 6.07) is 11.0. The van der Waals surface area contributed by atoms with Gasteiger partial charge in [-0.3, -0.25) is 24.2 Å². The molecule has 0 radical (unpaired) electrons. The molecule has 1 atom stereocenters. The van der Waals surface area contributed by atoms with Crippen LogP contribution in [0.15, 0.2) is 54.7 Å². The SMILES string of the molecule is C[C@@]1(c2c(NC(=O)c3nsc4ccccc34)nc(C(=O)NCc3ccc(C(F)(F)F)nc3)n2CC(N)=O)C(=O)Nc2c(F)cc(Cl)cc21. The molecule has 1 aliphatic rings. The number of imidazole rings is 1. The molecule has 5 aromatic rings. The second kappa shape index (κ2) is 12.0. The number of primary amides is 1. The Hall–Kier alpha value is -5.42. The Morgan fingerprint density at radius 2 is 1.88 bits per heavy atom. The fourth-order valence-corrected chi connectivity index (χ4v) is 6.37. The summed E-state index contributed by atoms with van der Waals surface area (Å²) in [6.07, 6.45) is -3.74. The van der Waals surface area contributed by atoms with E-state index < -0.39 is 59.1 Å². The number of carbonyl (C=O) groups excluding carboxylic acids is 4. The monoisotopic (exact) mass is 700 g/mol. The van der Waals surface area contributed by atoms with Crippen LogP contribution in [0.5, 0.6) is 0 Å². The number of alkyl halides is 3. The van der Waals surface area contributed by atoms with E-state index in [9.17, 15) is 32.3 Å². The van der Waals surface area contributed by atoms with Crippen LogP contribution in [0.25, 0.3) is 10.1 Å². The number of anilines is 2. The molecule has 12 nitrogen and oxygen atoms in total. The molecule has 0 saturated carbocycles. The average molecular weight is 701 g/mol. The molecular formula is C30H21ClF4N8O4S. The van der Waals surface area contributed by atoms with E-state index in [4.69, 9.17) is 17.3 Å². The van der Waals surface area contributed by atoms with Crippen molar-refractivity contribution in [2.75, 3.05) is 10.6 Å². The second-order valence-electron chi connectivity index (χ2n) is 10.8. The Balaban J connectivity index is 1.47. The quantitative estimate of drug-likeness (QED) is 0.171. The molecule has 0 spiro atoms. The Labute approximate surface area is 276 Å². The Morgan fingerprint density at radius 1 is 1.12 bits per heavy atom. The van der Waals surface area contributed by atoms with Gasteiger partial charge in [0.25, 0.3) is 11.8 Å². The van der Waals surface area contributed by atoms with Gasteiger partial charge in [-0.2, -0.15) is 17.5 Å². The van der Waals surface area contributed by atoms with Crippen LogP contribution < -0.4 is 21.7 Å². The van der Waals surface area contributed by atoms with Gasteiger partial charge in [0.15, 0.2) is 5.82 Å². The molecule has 48 heavy (non-hydrogen) atoms. The van der Waals surface area contributed by atoms with Crippen LogP contribution in [-0.4, -0.2) is 42.5 Å². The van der Waals surface area contributed by atoms with Gasteiger partial charge in [-0.05, 0) is 48.3 Å². The first-order chi connectivity index (χ1) is 22.7. The van der Waals surface area contributed by atoms with Crippen LogP contribution in [-0.2, 0) is 34.3 Å². The van der Waals surface area contributed by atoms with Gasteiger partial charge in [-0.25, -0.2) is 9.37 Å². The van der Waals surface area contributed by atoms with E-state index >= 15 is 4.39 Å². The van der Waals surface area contributed by atoms with Crippen LogP contribution in [0.2, 0.25) is 5.02 Å². The van der Waals surface area contributed by atoms with Gasteiger partial charge >= 0.3 is 6.18 Å². The highest BCUT2D eigenvalue weighted by molar-refractivity contribution is 7.13. The number of hydrogen-bond donors (Lipinski definition) is 4. The van der Waals surface area contributed by atoms with E-state index in [0.29, 0.717) is 10.1 Å². The number of halogens is 5. The van der Waals surface area contributed by atoms with E-state index in [1.54, 1.807) is 24.3 Å². The van der Waals surface area contributed by atoms with Crippen molar-refractivity contribution < 1.29 is 36.7 Å². The molecular weight excluding hydrogens is 680 g/mol. The zero-order valence-electron chi connectivity index (χ0n) is 24.4. The van der Waals surface area contributed by atoms with Gasteiger partial charge in [0, 0.05) is 28.7 Å². The third-order valence-electron chi connectivity index (χ3n) is 7.64. The maximum Gasteiger partial charge on any atom is 0.433 e. The fraction of sp³-hybridized carbons (Fsp3) is 0.167. The third kappa shape index (κ3) is 5.70. The van der Waals surface area contributed by atoms with Crippen molar-refractivity contribution in [3.8, 4) is 0 Å². The Kier molecular flexibility index (Phi) is 8.12. The topological polar surface area (TPSA) is 174 Å². The summed E-state index contributed by atoms with van der Waals surface area (Å²) in [7, 11) is 0. The highest BCUT2D eigenvalue weighted by Crippen LogP contribution is 2.47. The van der Waals surface area contributed by atoms with Crippen molar-refractivity contribution in [3.63, 3.8) is 0 Å². The number of nitrogens with zero attached hydrogens (tertiary/aromatic N) is 4. The normalized spacial score (nSPS) is 15.7. The highest BCUT2D eigenvalue weighted by atomic mass is 35.5. The number of nitrogens with two attached hydrogens (primary N) is 1. The molecule has 4 amide bonds. The molecule has 0 bridgehead atoms. The molecule has 3 aromatic heterocycles. The van der Waals surface area contributed by atoms with Gasteiger partial charge in [-0.15, -0.1) is 0 Å². The van der Waals surface area contributed by atoms with Gasteiger partial charge in [-0.1, -0.05) is 35.9 Å². The van der Waals surface area contributed by atoms with Crippen LogP contribution in [0, 0.1) is 5.82 Å². The summed E-state index contributed by atoms with van der Waals surface area (Å²) in [6.45, 7) is 0.308. The molecule has 18 heteroatoms. The number of rotatable bonds is 8. The van der Waals surface area contributed by atoms with Gasteiger partial charge in [0.05, 0.1) is 16.1 Å². The van der Waals surface area contributed by atoms with Crippen molar-refractivity contribution in [2.24, 2.45) is 5.73 Å². The number of aromatic nitrogens is 4. The minimum Gasteiger partial charge on any atom is -0.368 e. The van der Waals surface area contributed by atoms with Crippen LogP contribution in [0.3, 0.4) is 0 Å². The molecule has 5 N–H and O–H groups in total. The lowest BCUT2D eigenvalue weighted by Crippen LogP contribution is -2.38. The predicted molar refractivity (Wildman–Crippen MR) is 166 cm³/mol. The number of hydrogen-bond acceptors (Lipinski definition) is 8. The molecule has 1 aliphatic heterocycles. The minimum absolute atomic E-state index is 0.00215. The van der Waals surface area contributed by atoms with E-state index in [1.165, 1.54) is 13.0 Å². The Morgan fingerprint density at radius 3 is 2.56 bits per heavy atom. The number of pyridine rings is 1. The zero-order chi connectivity index (χ0) is 34.5. The molecule has 0 aliphatic carbocycles. The number of nitrogens with one attached hydrogen (secondary N) is 3. The van der Waals surface area contributed by atoms with E-state index in [0.717, 1.165) is 40.5 Å². The lowest BCUT2D eigenvalue weighted by molar-refractivity contribution is -0.141. The fourth-order valence-electron chi connectivity index (χ4n) is 5.40. The van der Waals surface area contributed by atoms with Crippen LogP contribution in [0.4, 0.5) is 29.1 Å². The highest BCUT2D eigenvalue weighted by Gasteiger charge is 2.50. The molecule has 0 saturated heterocycles. The molecule has 4 heterocycles. The molecule has 0 fully saturated rings. The number of benzene rings is 2. The van der Waals surface area contributed by atoms with Crippen molar-refractivity contribution >= 4 is 68.4 Å². The summed E-state index contributed by atoms with van der Waals surface area (Å²) in [5.74, 6) is -5.24.